The second kappa shape index (κ2) is 9.50. The summed E-state index contributed by atoms with van der Waals surface area (Å²) in [5.41, 5.74) is 1.29. The Morgan fingerprint density at radius 2 is 1.73 bits per heavy atom. The van der Waals surface area contributed by atoms with Crippen molar-refractivity contribution in [2.45, 2.75) is 26.7 Å². The highest BCUT2D eigenvalue weighted by Gasteiger charge is 2.13. The van der Waals surface area contributed by atoms with E-state index in [0.717, 1.165) is 25.9 Å². The number of anilines is 2. The van der Waals surface area contributed by atoms with Crippen LogP contribution in [0.1, 0.15) is 47.5 Å². The molecule has 0 aliphatic carbocycles. The molecule has 0 spiro atoms. The molecule has 0 aliphatic heterocycles. The number of carbonyl (C=O) groups excluding carboxylic acids is 2. The molecule has 0 aliphatic rings. The molecule has 0 atom stereocenters. The number of ether oxygens (including phenoxy) is 1. The summed E-state index contributed by atoms with van der Waals surface area (Å²) in [5.74, 6) is -0.190. The third-order valence-corrected chi connectivity index (χ3v) is 3.71. The van der Waals surface area contributed by atoms with Crippen molar-refractivity contribution in [2.75, 3.05) is 30.4 Å². The van der Waals surface area contributed by atoms with Crippen molar-refractivity contribution in [1.29, 1.82) is 0 Å². The highest BCUT2D eigenvalue weighted by Crippen LogP contribution is 2.13. The fraction of sp³-hybridized carbons (Fsp3) is 0.368. The van der Waals surface area contributed by atoms with Crippen LogP contribution in [0.3, 0.4) is 0 Å². The molecular formula is C19H24N4O3. The molecule has 26 heavy (non-hydrogen) atoms. The van der Waals surface area contributed by atoms with E-state index in [4.69, 9.17) is 0 Å². The number of hydrogen-bond donors (Lipinski definition) is 1. The predicted molar refractivity (Wildman–Crippen MR) is 101 cm³/mol. The Morgan fingerprint density at radius 3 is 2.31 bits per heavy atom. The second-order valence-corrected chi connectivity index (χ2v) is 5.75. The van der Waals surface area contributed by atoms with Crippen LogP contribution in [-0.4, -0.2) is 42.0 Å². The Kier molecular flexibility index (Phi) is 7.08. The van der Waals surface area contributed by atoms with Crippen molar-refractivity contribution in [2.24, 2.45) is 0 Å². The van der Waals surface area contributed by atoms with Crippen molar-refractivity contribution in [1.82, 2.24) is 9.97 Å². The first-order valence-corrected chi connectivity index (χ1v) is 8.66. The highest BCUT2D eigenvalue weighted by molar-refractivity contribution is 6.03. The maximum atomic E-state index is 12.5. The van der Waals surface area contributed by atoms with Gasteiger partial charge in [0.2, 0.25) is 5.95 Å². The van der Waals surface area contributed by atoms with Gasteiger partial charge in [-0.3, -0.25) is 4.79 Å². The fourth-order valence-electron chi connectivity index (χ4n) is 2.48. The van der Waals surface area contributed by atoms with E-state index >= 15 is 0 Å². The lowest BCUT2D eigenvalue weighted by Gasteiger charge is -2.21. The summed E-state index contributed by atoms with van der Waals surface area (Å²) >= 11 is 0. The number of nitrogens with one attached hydrogen (secondary N) is 1. The van der Waals surface area contributed by atoms with Gasteiger partial charge in [0.05, 0.1) is 12.7 Å². The van der Waals surface area contributed by atoms with E-state index in [1.165, 1.54) is 7.11 Å². The number of amides is 1. The first kappa shape index (κ1) is 19.4. The zero-order valence-corrected chi connectivity index (χ0v) is 15.4. The van der Waals surface area contributed by atoms with E-state index in [1.54, 1.807) is 36.5 Å². The zero-order valence-electron chi connectivity index (χ0n) is 15.4. The minimum Gasteiger partial charge on any atom is -0.465 e. The molecule has 0 saturated carbocycles. The van der Waals surface area contributed by atoms with E-state index in [2.05, 4.69) is 38.8 Å². The van der Waals surface area contributed by atoms with E-state index in [-0.39, 0.29) is 5.91 Å². The fourth-order valence-corrected chi connectivity index (χ4v) is 2.48. The summed E-state index contributed by atoms with van der Waals surface area (Å²) in [7, 11) is 1.32. The SMILES string of the molecule is CCCN(CCC)c1nccc(C(=O)Nc2ccc(C(=O)OC)cc2)n1. The Labute approximate surface area is 153 Å². The Balaban J connectivity index is 2.12. The van der Waals surface area contributed by atoms with Gasteiger partial charge in [-0.1, -0.05) is 13.8 Å². The zero-order chi connectivity index (χ0) is 18.9. The molecule has 1 aromatic carbocycles. The lowest BCUT2D eigenvalue weighted by molar-refractivity contribution is 0.0600. The summed E-state index contributed by atoms with van der Waals surface area (Å²) in [4.78, 5) is 34.7. The number of benzene rings is 1. The number of carbonyl (C=O) groups is 2. The Hall–Kier alpha value is -2.96. The van der Waals surface area contributed by atoms with Crippen molar-refractivity contribution < 1.29 is 14.3 Å². The monoisotopic (exact) mass is 356 g/mol. The molecule has 0 saturated heterocycles. The minimum atomic E-state index is -0.421. The molecule has 7 nitrogen and oxygen atoms in total. The molecule has 1 amide bonds. The molecule has 1 N–H and O–H groups in total. The standard InChI is InChI=1S/C19H24N4O3/c1-4-12-23(13-5-2)19-20-11-10-16(22-19)17(24)21-15-8-6-14(7-9-15)18(25)26-3/h6-11H,4-5,12-13H2,1-3H3,(H,21,24). The van der Waals surface area contributed by atoms with Crippen LogP contribution in [-0.2, 0) is 4.74 Å². The Bertz CT molecular complexity index is 741. The summed E-state index contributed by atoms with van der Waals surface area (Å²) in [6.07, 6.45) is 3.55. The van der Waals surface area contributed by atoms with E-state index in [9.17, 15) is 9.59 Å². The van der Waals surface area contributed by atoms with Gasteiger partial charge in [0.15, 0.2) is 0 Å². The van der Waals surface area contributed by atoms with Gasteiger partial charge in [-0.25, -0.2) is 14.8 Å². The van der Waals surface area contributed by atoms with Gasteiger partial charge in [-0.2, -0.15) is 0 Å². The number of nitrogens with zero attached hydrogens (tertiary/aromatic N) is 3. The topological polar surface area (TPSA) is 84.4 Å². The average molecular weight is 356 g/mol. The van der Waals surface area contributed by atoms with E-state index in [1.807, 2.05) is 0 Å². The van der Waals surface area contributed by atoms with Crippen molar-refractivity contribution in [3.05, 3.63) is 47.8 Å². The van der Waals surface area contributed by atoms with Crippen LogP contribution in [0.4, 0.5) is 11.6 Å². The average Bonchev–Trinajstić information content (AvgIpc) is 2.68. The third kappa shape index (κ3) is 5.02. The molecule has 1 heterocycles. The molecule has 0 radical (unpaired) electrons. The molecule has 7 heteroatoms. The smallest absolute Gasteiger partial charge is 0.337 e. The molecule has 0 bridgehead atoms. The number of methoxy groups -OCH3 is 1. The summed E-state index contributed by atoms with van der Waals surface area (Å²) in [6.45, 7) is 5.87. The van der Waals surface area contributed by atoms with Gasteiger partial charge < -0.3 is 15.0 Å². The second-order valence-electron chi connectivity index (χ2n) is 5.75. The number of aromatic nitrogens is 2. The third-order valence-electron chi connectivity index (χ3n) is 3.71. The van der Waals surface area contributed by atoms with Crippen LogP contribution >= 0.6 is 0 Å². The summed E-state index contributed by atoms with van der Waals surface area (Å²) < 4.78 is 4.65. The quantitative estimate of drug-likeness (QED) is 0.732. The van der Waals surface area contributed by atoms with Crippen LogP contribution in [0.15, 0.2) is 36.5 Å². The van der Waals surface area contributed by atoms with Crippen LogP contribution in [0, 0.1) is 0 Å². The van der Waals surface area contributed by atoms with Crippen molar-refractivity contribution >= 4 is 23.5 Å². The van der Waals surface area contributed by atoms with Gasteiger partial charge in [0.1, 0.15) is 5.69 Å². The normalized spacial score (nSPS) is 10.3. The van der Waals surface area contributed by atoms with Gasteiger partial charge >= 0.3 is 5.97 Å². The predicted octanol–water partition coefficient (Wildman–Crippen LogP) is 3.14. The lowest BCUT2D eigenvalue weighted by Crippen LogP contribution is -2.27. The molecule has 1 aromatic heterocycles. The van der Waals surface area contributed by atoms with Gasteiger partial charge in [-0.15, -0.1) is 0 Å². The van der Waals surface area contributed by atoms with Crippen LogP contribution in [0.25, 0.3) is 0 Å². The number of rotatable bonds is 8. The molecule has 2 aromatic rings. The summed E-state index contributed by atoms with van der Waals surface area (Å²) in [6, 6.07) is 8.06. The maximum Gasteiger partial charge on any atom is 0.337 e. The van der Waals surface area contributed by atoms with Gasteiger partial charge in [-0.05, 0) is 43.2 Å². The first-order chi connectivity index (χ1) is 12.6. The molecule has 0 unspecified atom stereocenters. The minimum absolute atomic E-state index is 0.296. The van der Waals surface area contributed by atoms with Crippen LogP contribution in [0.5, 0.6) is 0 Å². The van der Waals surface area contributed by atoms with Gasteiger partial charge in [0.25, 0.3) is 5.91 Å². The van der Waals surface area contributed by atoms with E-state index in [0.29, 0.717) is 22.9 Å². The summed E-state index contributed by atoms with van der Waals surface area (Å²) in [5, 5.41) is 2.77. The molecule has 0 fully saturated rings. The molecule has 138 valence electrons. The Morgan fingerprint density at radius 1 is 1.08 bits per heavy atom. The van der Waals surface area contributed by atoms with E-state index < -0.39 is 5.97 Å². The van der Waals surface area contributed by atoms with Crippen LogP contribution in [0.2, 0.25) is 0 Å². The largest absolute Gasteiger partial charge is 0.465 e. The van der Waals surface area contributed by atoms with Crippen molar-refractivity contribution in [3.8, 4) is 0 Å². The molecule has 2 rings (SSSR count). The van der Waals surface area contributed by atoms with Crippen LogP contribution < -0.4 is 10.2 Å². The molecular weight excluding hydrogens is 332 g/mol. The first-order valence-electron chi connectivity index (χ1n) is 8.66. The van der Waals surface area contributed by atoms with Gasteiger partial charge in [0, 0.05) is 25.0 Å². The highest BCUT2D eigenvalue weighted by atomic mass is 16.5. The number of hydrogen-bond acceptors (Lipinski definition) is 6. The van der Waals surface area contributed by atoms with Crippen molar-refractivity contribution in [3.63, 3.8) is 0 Å². The maximum absolute atomic E-state index is 12.5. The number of esters is 1. The lowest BCUT2D eigenvalue weighted by atomic mass is 10.2.